The van der Waals surface area contributed by atoms with Crippen molar-refractivity contribution in [2.75, 3.05) is 26.7 Å². The van der Waals surface area contributed by atoms with Gasteiger partial charge in [-0.2, -0.15) is 18.3 Å². The fourth-order valence-corrected chi connectivity index (χ4v) is 3.04. The molecule has 1 atom stereocenters. The van der Waals surface area contributed by atoms with Gasteiger partial charge in [-0.15, -0.1) is 0 Å². The molecule has 0 bridgehead atoms. The van der Waals surface area contributed by atoms with Crippen LogP contribution in [0.2, 0.25) is 0 Å². The Labute approximate surface area is 155 Å². The molecule has 1 aromatic heterocycles. The molecule has 9 heteroatoms. The number of nitrogens with one attached hydrogen (secondary N) is 1. The molecule has 1 aliphatic rings. The Balaban J connectivity index is 1.68. The lowest BCUT2D eigenvalue weighted by Crippen LogP contribution is -2.48. The Morgan fingerprint density at radius 2 is 2.19 bits per heavy atom. The molecule has 0 aliphatic carbocycles. The number of ether oxygens (including phenoxy) is 1. The number of hydrogen-bond donors (Lipinski definition) is 1. The van der Waals surface area contributed by atoms with Gasteiger partial charge in [0.1, 0.15) is 6.10 Å². The highest BCUT2D eigenvalue weighted by Gasteiger charge is 2.32. The van der Waals surface area contributed by atoms with Gasteiger partial charge in [-0.1, -0.05) is 12.1 Å². The van der Waals surface area contributed by atoms with Crippen LogP contribution in [-0.2, 0) is 24.5 Å². The average molecular weight is 381 g/mol. The van der Waals surface area contributed by atoms with Crippen molar-refractivity contribution >= 4 is 5.96 Å². The number of hydrogen-bond acceptors (Lipinski definition) is 3. The summed E-state index contributed by atoms with van der Waals surface area (Å²) in [5.74, 6) is 0.677. The summed E-state index contributed by atoms with van der Waals surface area (Å²) in [5.41, 5.74) is 0.842. The molecule has 146 valence electrons. The van der Waals surface area contributed by atoms with Crippen molar-refractivity contribution in [3.8, 4) is 0 Å². The summed E-state index contributed by atoms with van der Waals surface area (Å²) in [6.07, 6.45) is -3.10. The van der Waals surface area contributed by atoms with Gasteiger partial charge in [-0.25, -0.2) is 0 Å². The van der Waals surface area contributed by atoms with Gasteiger partial charge in [-0.05, 0) is 23.8 Å². The molecule has 3 rings (SSSR count). The lowest BCUT2D eigenvalue weighted by molar-refractivity contribution is -0.137. The van der Waals surface area contributed by atoms with Gasteiger partial charge in [0.15, 0.2) is 5.96 Å². The zero-order valence-corrected chi connectivity index (χ0v) is 15.2. The van der Waals surface area contributed by atoms with E-state index >= 15 is 0 Å². The van der Waals surface area contributed by atoms with E-state index in [0.29, 0.717) is 37.8 Å². The van der Waals surface area contributed by atoms with Gasteiger partial charge in [-0.3, -0.25) is 9.67 Å². The summed E-state index contributed by atoms with van der Waals surface area (Å²) in [6.45, 7) is 2.00. The van der Waals surface area contributed by atoms with E-state index < -0.39 is 17.8 Å². The smallest absolute Gasteiger partial charge is 0.370 e. The molecule has 1 saturated heterocycles. The summed E-state index contributed by atoms with van der Waals surface area (Å²) in [4.78, 5) is 6.28. The minimum atomic E-state index is -4.37. The molecule has 1 aromatic carbocycles. The summed E-state index contributed by atoms with van der Waals surface area (Å²) in [6, 6.07) is 7.20. The molecule has 0 amide bonds. The Morgan fingerprint density at radius 3 is 2.85 bits per heavy atom. The van der Waals surface area contributed by atoms with Gasteiger partial charge >= 0.3 is 6.18 Å². The molecule has 0 spiro atoms. The minimum Gasteiger partial charge on any atom is -0.370 e. The molecule has 2 heterocycles. The summed E-state index contributed by atoms with van der Waals surface area (Å²) >= 11 is 0. The zero-order chi connectivity index (χ0) is 19.4. The highest BCUT2D eigenvalue weighted by Crippen LogP contribution is 2.32. The van der Waals surface area contributed by atoms with Gasteiger partial charge in [0.25, 0.3) is 0 Å². The maximum atomic E-state index is 13.0. The molecule has 1 fully saturated rings. The van der Waals surface area contributed by atoms with Gasteiger partial charge in [0.2, 0.25) is 0 Å². The number of halogens is 3. The number of benzene rings is 1. The van der Waals surface area contributed by atoms with Crippen LogP contribution in [0, 0.1) is 0 Å². The average Bonchev–Trinajstić information content (AvgIpc) is 3.07. The van der Waals surface area contributed by atoms with Crippen LogP contribution in [0.4, 0.5) is 13.2 Å². The van der Waals surface area contributed by atoms with E-state index in [2.05, 4.69) is 15.4 Å². The molecule has 0 radical (unpaired) electrons. The monoisotopic (exact) mass is 381 g/mol. The van der Waals surface area contributed by atoms with Crippen LogP contribution < -0.4 is 5.32 Å². The first-order valence-corrected chi connectivity index (χ1v) is 8.59. The van der Waals surface area contributed by atoms with Crippen LogP contribution in [0.25, 0.3) is 0 Å². The molecule has 1 unspecified atom stereocenters. The third-order valence-corrected chi connectivity index (χ3v) is 4.51. The lowest BCUT2D eigenvalue weighted by atomic mass is 10.0. The topological polar surface area (TPSA) is 54.7 Å². The SMILES string of the molecule is CN=C(NCc1ccnn1C)N1CCOC(c2cccc(C(F)(F)F)c2)C1. The standard InChI is InChI=1S/C18H22F3N5O/c1-22-17(23-11-15-6-7-24-25(15)2)26-8-9-27-16(12-26)13-4-3-5-14(10-13)18(19,20)21/h3-7,10,16H,8-9,11-12H2,1-2H3,(H,22,23). The van der Waals surface area contributed by atoms with E-state index in [1.165, 1.54) is 6.07 Å². The van der Waals surface area contributed by atoms with Crippen LogP contribution in [0.5, 0.6) is 0 Å². The number of nitrogens with zero attached hydrogens (tertiary/aromatic N) is 4. The number of aliphatic imine (C=N–C) groups is 1. The van der Waals surface area contributed by atoms with Crippen molar-refractivity contribution in [1.82, 2.24) is 20.0 Å². The highest BCUT2D eigenvalue weighted by molar-refractivity contribution is 5.80. The van der Waals surface area contributed by atoms with Crippen LogP contribution in [0.1, 0.15) is 22.9 Å². The van der Waals surface area contributed by atoms with Crippen molar-refractivity contribution < 1.29 is 17.9 Å². The largest absolute Gasteiger partial charge is 0.416 e. The van der Waals surface area contributed by atoms with E-state index in [0.717, 1.165) is 17.8 Å². The molecular weight excluding hydrogens is 359 g/mol. The van der Waals surface area contributed by atoms with Gasteiger partial charge < -0.3 is 15.0 Å². The summed E-state index contributed by atoms with van der Waals surface area (Å²) < 4.78 is 46.4. The second-order valence-electron chi connectivity index (χ2n) is 6.28. The zero-order valence-electron chi connectivity index (χ0n) is 15.2. The maximum absolute atomic E-state index is 13.0. The van der Waals surface area contributed by atoms with Crippen molar-refractivity contribution in [1.29, 1.82) is 0 Å². The fraction of sp³-hybridized carbons (Fsp3) is 0.444. The van der Waals surface area contributed by atoms with E-state index in [1.807, 2.05) is 18.0 Å². The Hall–Kier alpha value is -2.55. The van der Waals surface area contributed by atoms with E-state index in [4.69, 9.17) is 4.74 Å². The first kappa shape index (κ1) is 19.2. The molecule has 27 heavy (non-hydrogen) atoms. The second-order valence-corrected chi connectivity index (χ2v) is 6.28. The number of aryl methyl sites for hydroxylation is 1. The third-order valence-electron chi connectivity index (χ3n) is 4.51. The molecule has 0 saturated carbocycles. The van der Waals surface area contributed by atoms with Gasteiger partial charge in [0, 0.05) is 26.8 Å². The third kappa shape index (κ3) is 4.60. The summed E-state index contributed by atoms with van der Waals surface area (Å²) in [7, 11) is 3.54. The fourth-order valence-electron chi connectivity index (χ4n) is 3.04. The van der Waals surface area contributed by atoms with Crippen molar-refractivity contribution in [3.63, 3.8) is 0 Å². The molecule has 1 aliphatic heterocycles. The van der Waals surface area contributed by atoms with Crippen LogP contribution >= 0.6 is 0 Å². The van der Waals surface area contributed by atoms with E-state index in [1.54, 1.807) is 24.0 Å². The molecule has 1 N–H and O–H groups in total. The van der Waals surface area contributed by atoms with E-state index in [-0.39, 0.29) is 0 Å². The number of aromatic nitrogens is 2. The molecule has 2 aromatic rings. The van der Waals surface area contributed by atoms with Crippen LogP contribution in [-0.4, -0.2) is 47.4 Å². The Kier molecular flexibility index (Phi) is 5.69. The van der Waals surface area contributed by atoms with Crippen LogP contribution in [0.3, 0.4) is 0 Å². The first-order valence-electron chi connectivity index (χ1n) is 8.59. The summed E-state index contributed by atoms with van der Waals surface area (Å²) in [5, 5.41) is 7.39. The predicted octanol–water partition coefficient (Wildman–Crippen LogP) is 2.59. The number of guanidine groups is 1. The van der Waals surface area contributed by atoms with Crippen molar-refractivity contribution in [3.05, 3.63) is 53.3 Å². The van der Waals surface area contributed by atoms with Crippen LogP contribution in [0.15, 0.2) is 41.5 Å². The number of alkyl halides is 3. The quantitative estimate of drug-likeness (QED) is 0.656. The molecular formula is C18H22F3N5O. The van der Waals surface area contributed by atoms with Gasteiger partial charge in [0.05, 0.1) is 31.0 Å². The Bertz CT molecular complexity index is 802. The minimum absolute atomic E-state index is 0.410. The van der Waals surface area contributed by atoms with Crippen molar-refractivity contribution in [2.45, 2.75) is 18.8 Å². The normalized spacial score (nSPS) is 18.6. The first-order chi connectivity index (χ1) is 12.9. The lowest BCUT2D eigenvalue weighted by Gasteiger charge is -2.35. The molecule has 6 nitrogen and oxygen atoms in total. The number of morpholine rings is 1. The van der Waals surface area contributed by atoms with Crippen molar-refractivity contribution in [2.24, 2.45) is 12.0 Å². The predicted molar refractivity (Wildman–Crippen MR) is 95.1 cm³/mol. The van der Waals surface area contributed by atoms with E-state index in [9.17, 15) is 13.2 Å². The Morgan fingerprint density at radius 1 is 1.37 bits per heavy atom. The second kappa shape index (κ2) is 7.99. The highest BCUT2D eigenvalue weighted by atomic mass is 19.4. The number of rotatable bonds is 3. The maximum Gasteiger partial charge on any atom is 0.416 e.